The Morgan fingerprint density at radius 2 is 1.79 bits per heavy atom. The second kappa shape index (κ2) is 7.68. The van der Waals surface area contributed by atoms with Crippen LogP contribution in [0.2, 0.25) is 0 Å². The van der Waals surface area contributed by atoms with Crippen LogP contribution in [0.5, 0.6) is 17.2 Å². The van der Waals surface area contributed by atoms with E-state index in [-0.39, 0.29) is 5.78 Å². The van der Waals surface area contributed by atoms with Crippen molar-refractivity contribution in [2.24, 2.45) is 0 Å². The molecule has 0 radical (unpaired) electrons. The topological polar surface area (TPSA) is 62.6 Å². The van der Waals surface area contributed by atoms with Crippen LogP contribution in [0.4, 0.5) is 0 Å². The van der Waals surface area contributed by atoms with Crippen LogP contribution in [0.1, 0.15) is 28.5 Å². The Balaban J connectivity index is 2.31. The molecule has 2 rings (SSSR count). The molecule has 0 atom stereocenters. The highest BCUT2D eigenvalue weighted by atomic mass is 16.5. The van der Waals surface area contributed by atoms with Gasteiger partial charge in [0, 0.05) is 12.2 Å². The summed E-state index contributed by atoms with van der Waals surface area (Å²) >= 11 is 0. The molecule has 0 bridgehead atoms. The summed E-state index contributed by atoms with van der Waals surface area (Å²) in [6.07, 6.45) is 4.83. The van der Waals surface area contributed by atoms with Crippen molar-refractivity contribution in [2.75, 3.05) is 21.3 Å². The third-order valence-electron chi connectivity index (χ3n) is 3.78. The molecule has 1 aromatic heterocycles. The lowest BCUT2D eigenvalue weighted by atomic mass is 10.1. The minimum atomic E-state index is -0.0963. The van der Waals surface area contributed by atoms with Crippen LogP contribution in [-0.4, -0.2) is 36.9 Å². The molecular formula is C18H22N2O4. The Morgan fingerprint density at radius 3 is 2.25 bits per heavy atom. The van der Waals surface area contributed by atoms with Gasteiger partial charge in [-0.25, -0.2) is 0 Å². The van der Waals surface area contributed by atoms with Crippen molar-refractivity contribution in [1.82, 2.24) is 9.78 Å². The second-order valence-corrected chi connectivity index (χ2v) is 5.12. The Kier molecular flexibility index (Phi) is 5.63. The molecular weight excluding hydrogens is 308 g/mol. The number of hydrogen-bond donors (Lipinski definition) is 0. The van der Waals surface area contributed by atoms with Gasteiger partial charge in [-0.2, -0.15) is 5.10 Å². The molecule has 24 heavy (non-hydrogen) atoms. The number of rotatable bonds is 7. The number of carbonyl (C=O) groups excluding carboxylic acids is 1. The number of aromatic nitrogens is 2. The lowest BCUT2D eigenvalue weighted by Crippen LogP contribution is -2.01. The second-order valence-electron chi connectivity index (χ2n) is 5.12. The zero-order valence-corrected chi connectivity index (χ0v) is 14.6. The van der Waals surface area contributed by atoms with E-state index in [1.807, 2.05) is 13.8 Å². The van der Waals surface area contributed by atoms with Gasteiger partial charge in [-0.3, -0.25) is 9.48 Å². The van der Waals surface area contributed by atoms with E-state index < -0.39 is 0 Å². The van der Waals surface area contributed by atoms with Crippen LogP contribution >= 0.6 is 0 Å². The van der Waals surface area contributed by atoms with Crippen molar-refractivity contribution in [3.63, 3.8) is 0 Å². The van der Waals surface area contributed by atoms with Crippen LogP contribution in [0.3, 0.4) is 0 Å². The highest BCUT2D eigenvalue weighted by Gasteiger charge is 2.13. The number of methoxy groups -OCH3 is 3. The third kappa shape index (κ3) is 3.42. The van der Waals surface area contributed by atoms with Gasteiger partial charge in [0.15, 0.2) is 17.3 Å². The average molecular weight is 330 g/mol. The largest absolute Gasteiger partial charge is 0.493 e. The summed E-state index contributed by atoms with van der Waals surface area (Å²) in [4.78, 5) is 12.4. The predicted octanol–water partition coefficient (Wildman–Crippen LogP) is 3.13. The minimum absolute atomic E-state index is 0.0963. The van der Waals surface area contributed by atoms with Gasteiger partial charge in [-0.05, 0) is 37.6 Å². The number of ether oxygens (including phenoxy) is 3. The molecule has 0 aliphatic carbocycles. The van der Waals surface area contributed by atoms with Gasteiger partial charge in [0.2, 0.25) is 5.75 Å². The van der Waals surface area contributed by atoms with Gasteiger partial charge in [0.1, 0.15) is 0 Å². The fraction of sp³-hybridized carbons (Fsp3) is 0.333. The van der Waals surface area contributed by atoms with E-state index in [4.69, 9.17) is 14.2 Å². The van der Waals surface area contributed by atoms with E-state index in [0.717, 1.165) is 17.8 Å². The molecule has 0 fully saturated rings. The first-order valence-electron chi connectivity index (χ1n) is 7.60. The molecule has 0 spiro atoms. The predicted molar refractivity (Wildman–Crippen MR) is 92.1 cm³/mol. The first-order valence-corrected chi connectivity index (χ1v) is 7.60. The van der Waals surface area contributed by atoms with Gasteiger partial charge in [-0.15, -0.1) is 0 Å². The van der Waals surface area contributed by atoms with Crippen molar-refractivity contribution in [1.29, 1.82) is 0 Å². The fourth-order valence-electron chi connectivity index (χ4n) is 2.47. The normalized spacial score (nSPS) is 10.9. The minimum Gasteiger partial charge on any atom is -0.493 e. The van der Waals surface area contributed by atoms with Crippen LogP contribution in [-0.2, 0) is 6.54 Å². The number of ketones is 1. The molecule has 0 aliphatic rings. The molecule has 1 aromatic carbocycles. The smallest absolute Gasteiger partial charge is 0.203 e. The molecule has 0 amide bonds. The summed E-state index contributed by atoms with van der Waals surface area (Å²) in [5.74, 6) is 1.50. The summed E-state index contributed by atoms with van der Waals surface area (Å²) in [5, 5.41) is 4.19. The first kappa shape index (κ1) is 17.6. The average Bonchev–Trinajstić information content (AvgIpc) is 2.99. The third-order valence-corrected chi connectivity index (χ3v) is 3.78. The van der Waals surface area contributed by atoms with Crippen LogP contribution in [0, 0.1) is 6.92 Å². The Hall–Kier alpha value is -2.76. The van der Waals surface area contributed by atoms with E-state index in [1.165, 1.54) is 6.08 Å². The molecule has 0 unspecified atom stereocenters. The number of nitrogens with zero attached hydrogens (tertiary/aromatic N) is 2. The van der Waals surface area contributed by atoms with Gasteiger partial charge >= 0.3 is 0 Å². The van der Waals surface area contributed by atoms with E-state index >= 15 is 0 Å². The SMILES string of the molecule is CCn1ncc(C(=O)/C=C/c2cc(OC)c(OC)c(OC)c2)c1C. The number of carbonyl (C=O) groups is 1. The van der Waals surface area contributed by atoms with Crippen molar-refractivity contribution in [3.8, 4) is 17.2 Å². The molecule has 0 aliphatic heterocycles. The van der Waals surface area contributed by atoms with Crippen molar-refractivity contribution < 1.29 is 19.0 Å². The molecule has 6 heteroatoms. The fourth-order valence-corrected chi connectivity index (χ4v) is 2.47. The van der Waals surface area contributed by atoms with Crippen molar-refractivity contribution in [2.45, 2.75) is 20.4 Å². The van der Waals surface area contributed by atoms with Crippen molar-refractivity contribution in [3.05, 3.63) is 41.2 Å². The quantitative estimate of drug-likeness (QED) is 0.576. The van der Waals surface area contributed by atoms with Gasteiger partial charge in [-0.1, -0.05) is 6.08 Å². The molecule has 6 nitrogen and oxygen atoms in total. The number of aryl methyl sites for hydroxylation is 1. The summed E-state index contributed by atoms with van der Waals surface area (Å²) in [7, 11) is 4.66. The van der Waals surface area contributed by atoms with E-state index in [9.17, 15) is 4.79 Å². The number of allylic oxidation sites excluding steroid dienone is 1. The van der Waals surface area contributed by atoms with Crippen molar-refractivity contribution >= 4 is 11.9 Å². The van der Waals surface area contributed by atoms with Crippen LogP contribution in [0.25, 0.3) is 6.08 Å². The molecule has 2 aromatic rings. The summed E-state index contributed by atoms with van der Waals surface area (Å²) in [6, 6.07) is 3.57. The Bertz CT molecular complexity index is 737. The Morgan fingerprint density at radius 1 is 1.17 bits per heavy atom. The van der Waals surface area contributed by atoms with Crippen LogP contribution < -0.4 is 14.2 Å². The summed E-state index contributed by atoms with van der Waals surface area (Å²) in [5.41, 5.74) is 2.23. The molecule has 1 heterocycles. The monoisotopic (exact) mass is 330 g/mol. The van der Waals surface area contributed by atoms with Gasteiger partial charge < -0.3 is 14.2 Å². The van der Waals surface area contributed by atoms with E-state index in [1.54, 1.807) is 50.4 Å². The van der Waals surface area contributed by atoms with Gasteiger partial charge in [0.05, 0.1) is 33.1 Å². The zero-order chi connectivity index (χ0) is 17.7. The highest BCUT2D eigenvalue weighted by molar-refractivity contribution is 6.07. The molecule has 0 N–H and O–H groups in total. The molecule has 0 saturated carbocycles. The maximum Gasteiger partial charge on any atom is 0.203 e. The van der Waals surface area contributed by atoms with Crippen LogP contribution in [0.15, 0.2) is 24.4 Å². The number of benzene rings is 1. The molecule has 128 valence electrons. The maximum atomic E-state index is 12.4. The standard InChI is InChI=1S/C18H22N2O4/c1-6-20-12(2)14(11-19-20)15(21)8-7-13-9-16(22-3)18(24-5)17(10-13)23-4/h7-11H,6H2,1-5H3/b8-7+. The van der Waals surface area contributed by atoms with E-state index in [2.05, 4.69) is 5.10 Å². The zero-order valence-electron chi connectivity index (χ0n) is 14.6. The van der Waals surface area contributed by atoms with Gasteiger partial charge in [0.25, 0.3) is 0 Å². The lowest BCUT2D eigenvalue weighted by molar-refractivity contribution is 0.104. The lowest BCUT2D eigenvalue weighted by Gasteiger charge is -2.12. The van der Waals surface area contributed by atoms with E-state index in [0.29, 0.717) is 22.8 Å². The Labute approximate surface area is 141 Å². The molecule has 0 saturated heterocycles. The highest BCUT2D eigenvalue weighted by Crippen LogP contribution is 2.38. The number of hydrogen-bond acceptors (Lipinski definition) is 5. The maximum absolute atomic E-state index is 12.4. The first-order chi connectivity index (χ1) is 11.5. The summed E-state index contributed by atoms with van der Waals surface area (Å²) < 4.78 is 17.7. The summed E-state index contributed by atoms with van der Waals surface area (Å²) in [6.45, 7) is 4.60.